The number of nitrogens with one attached hydrogen (secondary N) is 2. The van der Waals surface area contributed by atoms with Gasteiger partial charge in [0, 0.05) is 5.69 Å². The zero-order chi connectivity index (χ0) is 15.7. The fourth-order valence-electron chi connectivity index (χ4n) is 2.03. The molecule has 1 aromatic rings. The summed E-state index contributed by atoms with van der Waals surface area (Å²) in [5.74, 6) is -1.00. The maximum absolute atomic E-state index is 11.8. The first-order valence-electron chi connectivity index (χ1n) is 7.46. The van der Waals surface area contributed by atoms with Crippen LogP contribution in [-0.4, -0.2) is 23.1 Å². The molecule has 21 heavy (non-hydrogen) atoms. The molecule has 1 unspecified atom stereocenters. The van der Waals surface area contributed by atoms with Crippen LogP contribution in [0.5, 0.6) is 0 Å². The molecule has 2 amide bonds. The van der Waals surface area contributed by atoms with Crippen molar-refractivity contribution < 1.29 is 14.7 Å². The van der Waals surface area contributed by atoms with Gasteiger partial charge in [0.2, 0.25) is 0 Å². The number of urea groups is 1. The van der Waals surface area contributed by atoms with E-state index in [0.717, 1.165) is 25.7 Å². The molecule has 0 aromatic heterocycles. The molecule has 0 bridgehead atoms. The van der Waals surface area contributed by atoms with E-state index in [4.69, 9.17) is 5.11 Å². The SMILES string of the molecule is CCCCC(NC(=O)Nc1ccc(CCC)cc1)C(=O)O. The van der Waals surface area contributed by atoms with Crippen LogP contribution in [0.25, 0.3) is 0 Å². The molecule has 5 heteroatoms. The lowest BCUT2D eigenvalue weighted by molar-refractivity contribution is -0.139. The second kappa shape index (κ2) is 9.00. The maximum Gasteiger partial charge on any atom is 0.326 e. The normalized spacial score (nSPS) is 11.7. The van der Waals surface area contributed by atoms with Crippen LogP contribution in [0.2, 0.25) is 0 Å². The second-order valence-corrected chi connectivity index (χ2v) is 5.08. The number of aliphatic carboxylic acids is 1. The third-order valence-electron chi connectivity index (χ3n) is 3.20. The molecule has 1 rings (SSSR count). The molecule has 1 atom stereocenters. The number of carboxylic acids is 1. The summed E-state index contributed by atoms with van der Waals surface area (Å²) in [5.41, 5.74) is 1.88. The van der Waals surface area contributed by atoms with E-state index in [1.807, 2.05) is 31.2 Å². The number of carboxylic acid groups (broad SMARTS) is 1. The van der Waals surface area contributed by atoms with Crippen LogP contribution < -0.4 is 10.6 Å². The fourth-order valence-corrected chi connectivity index (χ4v) is 2.03. The van der Waals surface area contributed by atoms with Crippen molar-refractivity contribution in [3.05, 3.63) is 29.8 Å². The molecule has 0 aliphatic rings. The summed E-state index contributed by atoms with van der Waals surface area (Å²) in [4.78, 5) is 22.9. The van der Waals surface area contributed by atoms with E-state index in [1.54, 1.807) is 0 Å². The predicted molar refractivity (Wildman–Crippen MR) is 83.5 cm³/mol. The van der Waals surface area contributed by atoms with E-state index < -0.39 is 18.0 Å². The monoisotopic (exact) mass is 292 g/mol. The molecule has 0 radical (unpaired) electrons. The van der Waals surface area contributed by atoms with Crippen molar-refractivity contribution in [2.75, 3.05) is 5.32 Å². The minimum absolute atomic E-state index is 0.439. The van der Waals surface area contributed by atoms with Gasteiger partial charge in [-0.1, -0.05) is 45.2 Å². The van der Waals surface area contributed by atoms with Gasteiger partial charge in [0.25, 0.3) is 0 Å². The number of aryl methyl sites for hydroxylation is 1. The number of hydrogen-bond acceptors (Lipinski definition) is 2. The first kappa shape index (κ1) is 17.0. The van der Waals surface area contributed by atoms with Gasteiger partial charge >= 0.3 is 12.0 Å². The lowest BCUT2D eigenvalue weighted by Gasteiger charge is -2.15. The average Bonchev–Trinajstić information content (AvgIpc) is 2.45. The van der Waals surface area contributed by atoms with Crippen LogP contribution in [0.1, 0.15) is 45.1 Å². The molecule has 0 spiro atoms. The quantitative estimate of drug-likeness (QED) is 0.687. The summed E-state index contributed by atoms with van der Waals surface area (Å²) in [6.07, 6.45) is 4.18. The molecule has 1 aromatic carbocycles. The van der Waals surface area contributed by atoms with Crippen LogP contribution in [0, 0.1) is 0 Å². The maximum atomic E-state index is 11.8. The van der Waals surface area contributed by atoms with Crippen LogP contribution in [0.15, 0.2) is 24.3 Å². The van der Waals surface area contributed by atoms with Crippen molar-refractivity contribution in [1.29, 1.82) is 0 Å². The number of carbonyl (C=O) groups is 2. The van der Waals surface area contributed by atoms with E-state index in [-0.39, 0.29) is 0 Å². The topological polar surface area (TPSA) is 78.4 Å². The molecule has 0 heterocycles. The zero-order valence-electron chi connectivity index (χ0n) is 12.7. The molecule has 0 fully saturated rings. The minimum atomic E-state index is -1.00. The zero-order valence-corrected chi connectivity index (χ0v) is 12.7. The van der Waals surface area contributed by atoms with Crippen molar-refractivity contribution in [2.24, 2.45) is 0 Å². The summed E-state index contributed by atoms with van der Waals surface area (Å²) in [6, 6.07) is 6.25. The predicted octanol–water partition coefficient (Wildman–Crippen LogP) is 3.40. The van der Waals surface area contributed by atoms with Gasteiger partial charge in [-0.25, -0.2) is 9.59 Å². The van der Waals surface area contributed by atoms with Crippen LogP contribution in [0.4, 0.5) is 10.5 Å². The molecule has 0 saturated carbocycles. The summed E-state index contributed by atoms with van der Waals surface area (Å²) in [5, 5.41) is 14.2. The highest BCUT2D eigenvalue weighted by molar-refractivity contribution is 5.92. The van der Waals surface area contributed by atoms with Crippen molar-refractivity contribution in [2.45, 2.75) is 52.0 Å². The van der Waals surface area contributed by atoms with Crippen molar-refractivity contribution in [1.82, 2.24) is 5.32 Å². The van der Waals surface area contributed by atoms with Gasteiger partial charge in [-0.05, 0) is 30.5 Å². The van der Waals surface area contributed by atoms with E-state index in [2.05, 4.69) is 17.6 Å². The van der Waals surface area contributed by atoms with E-state index in [9.17, 15) is 9.59 Å². The molecule has 3 N–H and O–H groups in total. The summed E-state index contributed by atoms with van der Waals surface area (Å²) >= 11 is 0. The third kappa shape index (κ3) is 6.29. The molecule has 0 aliphatic carbocycles. The summed E-state index contributed by atoms with van der Waals surface area (Å²) < 4.78 is 0. The highest BCUT2D eigenvalue weighted by Gasteiger charge is 2.18. The van der Waals surface area contributed by atoms with Gasteiger partial charge < -0.3 is 15.7 Å². The Balaban J connectivity index is 2.52. The van der Waals surface area contributed by atoms with Gasteiger partial charge in [-0.3, -0.25) is 0 Å². The average molecular weight is 292 g/mol. The van der Waals surface area contributed by atoms with Crippen molar-refractivity contribution >= 4 is 17.7 Å². The Morgan fingerprint density at radius 2 is 1.81 bits per heavy atom. The molecule has 116 valence electrons. The third-order valence-corrected chi connectivity index (χ3v) is 3.20. The Labute approximate surface area is 125 Å². The Morgan fingerprint density at radius 1 is 1.14 bits per heavy atom. The van der Waals surface area contributed by atoms with Gasteiger partial charge in [0.15, 0.2) is 0 Å². The van der Waals surface area contributed by atoms with Crippen LogP contribution >= 0.6 is 0 Å². The number of hydrogen-bond donors (Lipinski definition) is 3. The molecule has 0 saturated heterocycles. The molecular formula is C16H24N2O3. The highest BCUT2D eigenvalue weighted by Crippen LogP contribution is 2.11. The first-order chi connectivity index (χ1) is 10.1. The van der Waals surface area contributed by atoms with Gasteiger partial charge in [-0.2, -0.15) is 0 Å². The van der Waals surface area contributed by atoms with Crippen molar-refractivity contribution in [3.63, 3.8) is 0 Å². The lowest BCUT2D eigenvalue weighted by Crippen LogP contribution is -2.42. The van der Waals surface area contributed by atoms with Crippen molar-refractivity contribution in [3.8, 4) is 0 Å². The van der Waals surface area contributed by atoms with Crippen LogP contribution in [-0.2, 0) is 11.2 Å². The summed E-state index contributed by atoms with van der Waals surface area (Å²) in [6.45, 7) is 4.10. The fraction of sp³-hybridized carbons (Fsp3) is 0.500. The minimum Gasteiger partial charge on any atom is -0.480 e. The first-order valence-corrected chi connectivity index (χ1v) is 7.46. The number of amides is 2. The van der Waals surface area contributed by atoms with Gasteiger partial charge in [0.1, 0.15) is 6.04 Å². The second-order valence-electron chi connectivity index (χ2n) is 5.08. The Bertz CT molecular complexity index is 457. The number of unbranched alkanes of at least 4 members (excludes halogenated alkanes) is 1. The number of rotatable bonds is 8. The van der Waals surface area contributed by atoms with E-state index in [0.29, 0.717) is 12.1 Å². The number of anilines is 1. The Kier molecular flexibility index (Phi) is 7.29. The van der Waals surface area contributed by atoms with Gasteiger partial charge in [0.05, 0.1) is 0 Å². The highest BCUT2D eigenvalue weighted by atomic mass is 16.4. The molecule has 0 aliphatic heterocycles. The lowest BCUT2D eigenvalue weighted by atomic mass is 10.1. The van der Waals surface area contributed by atoms with E-state index >= 15 is 0 Å². The Hall–Kier alpha value is -2.04. The van der Waals surface area contributed by atoms with Crippen LogP contribution in [0.3, 0.4) is 0 Å². The number of carbonyl (C=O) groups excluding carboxylic acids is 1. The largest absolute Gasteiger partial charge is 0.480 e. The summed E-state index contributed by atoms with van der Waals surface area (Å²) in [7, 11) is 0. The molecule has 5 nitrogen and oxygen atoms in total. The standard InChI is InChI=1S/C16H24N2O3/c1-3-5-7-14(15(19)20)18-16(21)17-13-10-8-12(6-4-2)9-11-13/h8-11,14H,3-7H2,1-2H3,(H,19,20)(H2,17,18,21). The van der Waals surface area contributed by atoms with Gasteiger partial charge in [-0.15, -0.1) is 0 Å². The number of benzene rings is 1. The van der Waals surface area contributed by atoms with E-state index in [1.165, 1.54) is 5.56 Å². The Morgan fingerprint density at radius 3 is 2.33 bits per heavy atom. The smallest absolute Gasteiger partial charge is 0.326 e. The molecular weight excluding hydrogens is 268 g/mol.